The molecule has 3 unspecified atom stereocenters. The second-order valence-electron chi connectivity index (χ2n) is 12.1. The van der Waals surface area contributed by atoms with Crippen molar-refractivity contribution in [3.8, 4) is 5.75 Å². The third kappa shape index (κ3) is 5.62. The summed E-state index contributed by atoms with van der Waals surface area (Å²) < 4.78 is 5.80. The number of benzene rings is 1. The van der Waals surface area contributed by atoms with Crippen LogP contribution in [0.1, 0.15) is 72.1 Å². The predicted molar refractivity (Wildman–Crippen MR) is 153 cm³/mol. The Morgan fingerprint density at radius 3 is 2.54 bits per heavy atom. The first kappa shape index (κ1) is 26.1. The quantitative estimate of drug-likeness (QED) is 0.498. The van der Waals surface area contributed by atoms with Gasteiger partial charge in [-0.25, -0.2) is 9.78 Å². The van der Waals surface area contributed by atoms with E-state index in [4.69, 9.17) is 4.74 Å². The topological polar surface area (TPSA) is 86.8 Å². The Hall–Kier alpha value is -3.13. The van der Waals surface area contributed by atoms with Crippen molar-refractivity contribution in [1.82, 2.24) is 20.1 Å². The largest absolute Gasteiger partial charge is 0.491 e. The Balaban J connectivity index is 1.05. The van der Waals surface area contributed by atoms with E-state index in [0.29, 0.717) is 23.9 Å². The average Bonchev–Trinajstić information content (AvgIpc) is 3.09. The van der Waals surface area contributed by atoms with Crippen LogP contribution >= 0.6 is 0 Å². The van der Waals surface area contributed by atoms with Gasteiger partial charge in [0.15, 0.2) is 0 Å². The van der Waals surface area contributed by atoms with Gasteiger partial charge in [-0.05, 0) is 89.5 Å². The van der Waals surface area contributed by atoms with Crippen molar-refractivity contribution in [3.63, 3.8) is 0 Å². The van der Waals surface area contributed by atoms with Crippen molar-refractivity contribution in [3.05, 3.63) is 42.0 Å². The van der Waals surface area contributed by atoms with Crippen molar-refractivity contribution in [2.24, 2.45) is 0 Å². The van der Waals surface area contributed by atoms with Gasteiger partial charge in [-0.1, -0.05) is 11.6 Å². The maximum absolute atomic E-state index is 12.9. The number of aromatic nitrogens is 1. The fraction of sp³-hybridized carbons (Fsp3) is 0.581. The molecule has 6 rings (SSSR count). The summed E-state index contributed by atoms with van der Waals surface area (Å²) in [5.41, 5.74) is 2.30. The number of hydrogen-bond donors (Lipinski definition) is 2. The van der Waals surface area contributed by atoms with Crippen LogP contribution in [0.2, 0.25) is 0 Å². The maximum Gasteiger partial charge on any atom is 0.320 e. The van der Waals surface area contributed by atoms with E-state index in [9.17, 15) is 9.59 Å². The van der Waals surface area contributed by atoms with Crippen molar-refractivity contribution < 1.29 is 14.3 Å². The molecule has 39 heavy (non-hydrogen) atoms. The molecule has 5 atom stereocenters. The van der Waals surface area contributed by atoms with E-state index >= 15 is 0 Å². The molecule has 2 aromatic rings. The number of carbonyl (C=O) groups is 2. The second kappa shape index (κ2) is 10.8. The van der Waals surface area contributed by atoms with Gasteiger partial charge in [-0.15, -0.1) is 0 Å². The number of fused-ring (bicyclic) bond motifs is 5. The predicted octanol–water partition coefficient (Wildman–Crippen LogP) is 5.24. The summed E-state index contributed by atoms with van der Waals surface area (Å²) in [4.78, 5) is 34.6. The smallest absolute Gasteiger partial charge is 0.320 e. The summed E-state index contributed by atoms with van der Waals surface area (Å²) in [5, 5.41) is 7.18. The summed E-state index contributed by atoms with van der Waals surface area (Å²) in [7, 11) is 0. The molecule has 208 valence electrons. The lowest BCUT2D eigenvalue weighted by Crippen LogP contribution is -2.54. The Morgan fingerprint density at radius 2 is 1.82 bits per heavy atom. The zero-order chi connectivity index (χ0) is 27.1. The van der Waals surface area contributed by atoms with Crippen LogP contribution in [0, 0.1) is 0 Å². The van der Waals surface area contributed by atoms with E-state index in [1.165, 1.54) is 24.8 Å². The molecule has 4 bridgehead atoms. The van der Waals surface area contributed by atoms with E-state index in [0.717, 1.165) is 55.3 Å². The van der Waals surface area contributed by atoms with Crippen molar-refractivity contribution in [2.45, 2.75) is 108 Å². The molecule has 4 aliphatic heterocycles. The number of urea groups is 1. The van der Waals surface area contributed by atoms with Crippen molar-refractivity contribution >= 4 is 28.7 Å². The lowest BCUT2D eigenvalue weighted by molar-refractivity contribution is -0.135. The molecule has 1 aromatic heterocycles. The molecule has 0 saturated carbocycles. The lowest BCUT2D eigenvalue weighted by atomic mass is 9.84. The lowest BCUT2D eigenvalue weighted by Gasteiger charge is -2.46. The van der Waals surface area contributed by atoms with E-state index < -0.39 is 0 Å². The Labute approximate surface area is 231 Å². The van der Waals surface area contributed by atoms with Gasteiger partial charge < -0.3 is 15.0 Å². The highest BCUT2D eigenvalue weighted by atomic mass is 16.5. The highest BCUT2D eigenvalue weighted by Crippen LogP contribution is 2.39. The second-order valence-corrected chi connectivity index (χ2v) is 12.1. The number of rotatable bonds is 6. The molecular formula is C31H41N5O3. The summed E-state index contributed by atoms with van der Waals surface area (Å²) in [6, 6.07) is 11.3. The minimum Gasteiger partial charge on any atom is -0.491 e. The molecule has 5 heterocycles. The molecule has 0 radical (unpaired) electrons. The SMILES string of the molecule is CC(=O)N1C2C=C(CN3[C@@H]4CC[C@H]3CC(NC(=O)Nc3ccc5ccc(OC(C)C)cc5n3)C4)CC1CCC2. The van der Waals surface area contributed by atoms with Crippen LogP contribution in [0.4, 0.5) is 10.6 Å². The number of ether oxygens (including phenoxy) is 1. The summed E-state index contributed by atoms with van der Waals surface area (Å²) in [6.45, 7) is 6.72. The van der Waals surface area contributed by atoms with Crippen LogP contribution in [0.15, 0.2) is 42.0 Å². The number of hydrogen-bond acceptors (Lipinski definition) is 5. The molecule has 1 aromatic carbocycles. The van der Waals surface area contributed by atoms with Gasteiger partial charge in [0.25, 0.3) is 0 Å². The van der Waals surface area contributed by atoms with Crippen LogP contribution < -0.4 is 15.4 Å². The zero-order valence-corrected chi connectivity index (χ0v) is 23.4. The molecule has 4 aliphatic rings. The van der Waals surface area contributed by atoms with Crippen molar-refractivity contribution in [2.75, 3.05) is 11.9 Å². The number of anilines is 1. The van der Waals surface area contributed by atoms with E-state index in [1.807, 2.05) is 44.2 Å². The number of nitrogens with zero attached hydrogens (tertiary/aromatic N) is 3. The average molecular weight is 532 g/mol. The molecule has 8 nitrogen and oxygen atoms in total. The third-order valence-corrected chi connectivity index (χ3v) is 8.96. The van der Waals surface area contributed by atoms with Crippen molar-refractivity contribution in [1.29, 1.82) is 0 Å². The fourth-order valence-corrected chi connectivity index (χ4v) is 7.46. The highest BCUT2D eigenvalue weighted by molar-refractivity contribution is 5.90. The highest BCUT2D eigenvalue weighted by Gasteiger charge is 2.42. The molecule has 2 N–H and O–H groups in total. The molecule has 0 aliphatic carbocycles. The first-order valence-corrected chi connectivity index (χ1v) is 14.7. The Bertz CT molecular complexity index is 1260. The van der Waals surface area contributed by atoms with Gasteiger partial charge in [0.05, 0.1) is 17.7 Å². The number of pyridine rings is 1. The van der Waals surface area contributed by atoms with Gasteiger partial charge in [0.1, 0.15) is 11.6 Å². The van der Waals surface area contributed by atoms with E-state index in [2.05, 4.69) is 31.5 Å². The fourth-order valence-electron chi connectivity index (χ4n) is 7.46. The standard InChI is InChI=1S/C31H41N5O3/c1-19(2)39-28-11-7-22-8-12-30(33-29(22)17-28)34-31(38)32-23-15-24-9-10-25(16-23)35(24)18-21-13-26-5-4-6-27(14-21)36(26)20(3)37/h7-8,11-13,17,19,23-27H,4-6,9-10,14-16,18H2,1-3H3,(H2,32,33,34,38)/t23?,24-,25+,26?,27?. The van der Waals surface area contributed by atoms with Crippen LogP contribution in [0.5, 0.6) is 5.75 Å². The Kier molecular flexibility index (Phi) is 7.23. The molecule has 8 heteroatoms. The molecule has 3 fully saturated rings. The van der Waals surface area contributed by atoms with Gasteiger partial charge in [0, 0.05) is 49.1 Å². The number of carbonyl (C=O) groups excluding carboxylic acids is 2. The van der Waals surface area contributed by atoms with Gasteiger partial charge >= 0.3 is 6.03 Å². The van der Waals surface area contributed by atoms with Crippen LogP contribution in [0.25, 0.3) is 10.9 Å². The molecular weight excluding hydrogens is 490 g/mol. The minimum absolute atomic E-state index is 0.0902. The monoisotopic (exact) mass is 531 g/mol. The van der Waals surface area contributed by atoms with Gasteiger partial charge in [0.2, 0.25) is 5.91 Å². The Morgan fingerprint density at radius 1 is 1.05 bits per heavy atom. The molecule has 3 amide bonds. The molecule has 0 spiro atoms. The summed E-state index contributed by atoms with van der Waals surface area (Å²) >= 11 is 0. The summed E-state index contributed by atoms with van der Waals surface area (Å²) in [5.74, 6) is 1.53. The third-order valence-electron chi connectivity index (χ3n) is 8.96. The van der Waals surface area contributed by atoms with Gasteiger partial charge in [-0.2, -0.15) is 0 Å². The summed E-state index contributed by atoms with van der Waals surface area (Å²) in [6.07, 6.45) is 11.3. The van der Waals surface area contributed by atoms with E-state index in [-0.39, 0.29) is 30.1 Å². The number of nitrogens with one attached hydrogen (secondary N) is 2. The first-order chi connectivity index (χ1) is 18.8. The van der Waals surface area contributed by atoms with Crippen LogP contribution in [-0.2, 0) is 4.79 Å². The molecule has 3 saturated heterocycles. The number of amides is 3. The minimum atomic E-state index is -0.193. The number of piperidine rings is 2. The van der Waals surface area contributed by atoms with Gasteiger partial charge in [-0.3, -0.25) is 15.0 Å². The van der Waals surface area contributed by atoms with Crippen LogP contribution in [-0.4, -0.2) is 69.6 Å². The normalized spacial score (nSPS) is 28.4. The maximum atomic E-state index is 12.9. The van der Waals surface area contributed by atoms with Crippen LogP contribution in [0.3, 0.4) is 0 Å². The first-order valence-electron chi connectivity index (χ1n) is 14.7. The van der Waals surface area contributed by atoms with E-state index in [1.54, 1.807) is 6.92 Å². The zero-order valence-electron chi connectivity index (χ0n) is 23.4.